The number of aromatic nitrogens is 2. The number of amides is 2. The van der Waals surface area contributed by atoms with E-state index in [1.165, 1.54) is 0 Å². The van der Waals surface area contributed by atoms with Crippen molar-refractivity contribution in [3.8, 4) is 0 Å². The van der Waals surface area contributed by atoms with E-state index in [9.17, 15) is 9.59 Å². The third kappa shape index (κ3) is 2.94. The van der Waals surface area contributed by atoms with Crippen molar-refractivity contribution < 1.29 is 14.0 Å². The maximum Gasteiger partial charge on any atom is 0.290 e. The molecule has 132 valence electrons. The predicted molar refractivity (Wildman–Crippen MR) is 89.8 cm³/mol. The number of furan rings is 1. The van der Waals surface area contributed by atoms with Crippen molar-refractivity contribution in [2.24, 2.45) is 0 Å². The van der Waals surface area contributed by atoms with Gasteiger partial charge in [-0.2, -0.15) is 5.10 Å². The molecule has 4 heterocycles. The van der Waals surface area contributed by atoms with Crippen molar-refractivity contribution in [3.63, 3.8) is 0 Å². The minimum Gasteiger partial charge on any atom is -0.459 e. The average Bonchev–Trinajstić information content (AvgIpc) is 3.29. The molecule has 0 unspecified atom stereocenters. The lowest BCUT2D eigenvalue weighted by Crippen LogP contribution is -2.46. The average molecular weight is 342 g/mol. The summed E-state index contributed by atoms with van der Waals surface area (Å²) in [4.78, 5) is 28.9. The van der Waals surface area contributed by atoms with Crippen LogP contribution in [0.5, 0.6) is 0 Å². The number of nitrogens with zero attached hydrogens (tertiary/aromatic N) is 4. The Labute approximate surface area is 146 Å². The van der Waals surface area contributed by atoms with Crippen molar-refractivity contribution in [1.29, 1.82) is 0 Å². The fraction of sp³-hybridized carbons (Fsp3) is 0.500. The predicted octanol–water partition coefficient (Wildman–Crippen LogP) is 1.82. The molecule has 0 aromatic carbocycles. The Morgan fingerprint density at radius 3 is 2.96 bits per heavy atom. The first kappa shape index (κ1) is 15.9. The second kappa shape index (κ2) is 6.38. The highest BCUT2D eigenvalue weighted by molar-refractivity contribution is 5.93. The van der Waals surface area contributed by atoms with Gasteiger partial charge in [0.15, 0.2) is 5.76 Å². The number of likely N-dealkylation sites (tertiary alicyclic amines) is 1. The summed E-state index contributed by atoms with van der Waals surface area (Å²) in [6.07, 6.45) is 5.59. The number of fused-ring (bicyclic) bond motifs is 1. The second-order valence-corrected chi connectivity index (χ2v) is 6.80. The molecule has 0 saturated carbocycles. The molecule has 1 saturated heterocycles. The summed E-state index contributed by atoms with van der Waals surface area (Å²) in [5, 5.41) is 4.35. The molecule has 0 N–H and O–H groups in total. The highest BCUT2D eigenvalue weighted by atomic mass is 16.3. The third-order valence-electron chi connectivity index (χ3n) is 5.17. The summed E-state index contributed by atoms with van der Waals surface area (Å²) in [5.74, 6) is 0.447. The quantitative estimate of drug-likeness (QED) is 0.853. The molecule has 0 bridgehead atoms. The van der Waals surface area contributed by atoms with E-state index in [2.05, 4.69) is 5.10 Å². The standard InChI is InChI=1S/C18H22N4O3/c1-13-6-10-25-17(13)18(24)21-12-15-4-7-19-22(15)9-5-14(21)11-20-8-2-3-16(20)23/h4,6-7,10,14H,2-3,5,8-9,11-12H2,1H3/t14-/m1/s1. The largest absolute Gasteiger partial charge is 0.459 e. The van der Waals surface area contributed by atoms with E-state index < -0.39 is 0 Å². The highest BCUT2D eigenvalue weighted by Gasteiger charge is 2.33. The van der Waals surface area contributed by atoms with Crippen LogP contribution in [0, 0.1) is 6.92 Å². The molecule has 2 aliphatic rings. The van der Waals surface area contributed by atoms with Gasteiger partial charge in [0, 0.05) is 37.8 Å². The molecule has 0 spiro atoms. The molecule has 2 aliphatic heterocycles. The lowest BCUT2D eigenvalue weighted by atomic mass is 10.1. The number of carbonyl (C=O) groups is 2. The SMILES string of the molecule is Cc1ccoc1C(=O)N1Cc2ccnn2CC[C@@H]1CN1CCCC1=O. The Hall–Kier alpha value is -2.57. The van der Waals surface area contributed by atoms with Gasteiger partial charge < -0.3 is 14.2 Å². The van der Waals surface area contributed by atoms with Crippen LogP contribution in [0.1, 0.15) is 41.1 Å². The smallest absolute Gasteiger partial charge is 0.290 e. The van der Waals surface area contributed by atoms with Crippen LogP contribution >= 0.6 is 0 Å². The summed E-state index contributed by atoms with van der Waals surface area (Å²) < 4.78 is 7.38. The Morgan fingerprint density at radius 2 is 2.24 bits per heavy atom. The number of hydrogen-bond acceptors (Lipinski definition) is 4. The molecule has 2 amide bonds. The Morgan fingerprint density at radius 1 is 1.36 bits per heavy atom. The van der Waals surface area contributed by atoms with Gasteiger partial charge in [-0.25, -0.2) is 0 Å². The van der Waals surface area contributed by atoms with Crippen LogP contribution in [-0.2, 0) is 17.9 Å². The van der Waals surface area contributed by atoms with Crippen LogP contribution in [0.15, 0.2) is 29.0 Å². The van der Waals surface area contributed by atoms with Crippen molar-refractivity contribution >= 4 is 11.8 Å². The second-order valence-electron chi connectivity index (χ2n) is 6.80. The fourth-order valence-corrected chi connectivity index (χ4v) is 3.73. The van der Waals surface area contributed by atoms with Crippen LogP contribution < -0.4 is 0 Å². The van der Waals surface area contributed by atoms with Crippen molar-refractivity contribution in [3.05, 3.63) is 41.6 Å². The summed E-state index contributed by atoms with van der Waals surface area (Å²) in [6.45, 7) is 4.45. The molecule has 7 heteroatoms. The van der Waals surface area contributed by atoms with Crippen LogP contribution in [-0.4, -0.2) is 50.5 Å². The minimum absolute atomic E-state index is 0.0410. The summed E-state index contributed by atoms with van der Waals surface area (Å²) in [6, 6.07) is 3.70. The number of rotatable bonds is 3. The highest BCUT2D eigenvalue weighted by Crippen LogP contribution is 2.23. The topological polar surface area (TPSA) is 71.6 Å². The zero-order valence-electron chi connectivity index (χ0n) is 14.4. The normalized spacial score (nSPS) is 20.7. The molecule has 0 aliphatic carbocycles. The zero-order chi connectivity index (χ0) is 17.4. The van der Waals surface area contributed by atoms with Crippen LogP contribution in [0.25, 0.3) is 0 Å². The van der Waals surface area contributed by atoms with E-state index >= 15 is 0 Å². The Bertz CT molecular complexity index is 794. The van der Waals surface area contributed by atoms with Crippen molar-refractivity contribution in [2.75, 3.05) is 13.1 Å². The van der Waals surface area contributed by atoms with E-state index in [-0.39, 0.29) is 17.9 Å². The number of aryl methyl sites for hydroxylation is 2. The van der Waals surface area contributed by atoms with Crippen LogP contribution in [0.4, 0.5) is 0 Å². The van der Waals surface area contributed by atoms with Gasteiger partial charge in [-0.15, -0.1) is 0 Å². The maximum atomic E-state index is 13.1. The van der Waals surface area contributed by atoms with Crippen LogP contribution in [0.2, 0.25) is 0 Å². The molecule has 7 nitrogen and oxygen atoms in total. The Kier molecular flexibility index (Phi) is 4.07. The lowest BCUT2D eigenvalue weighted by Gasteiger charge is -2.32. The van der Waals surface area contributed by atoms with Crippen molar-refractivity contribution in [2.45, 2.75) is 45.3 Å². The monoisotopic (exact) mass is 342 g/mol. The van der Waals surface area contributed by atoms with Gasteiger partial charge in [-0.05, 0) is 31.9 Å². The number of hydrogen-bond donors (Lipinski definition) is 0. The molecule has 0 radical (unpaired) electrons. The number of carbonyl (C=O) groups excluding carboxylic acids is 2. The van der Waals surface area contributed by atoms with E-state index in [4.69, 9.17) is 4.42 Å². The van der Waals surface area contributed by atoms with Gasteiger partial charge in [0.2, 0.25) is 5.91 Å². The molecule has 2 aromatic heterocycles. The van der Waals surface area contributed by atoms with Gasteiger partial charge in [-0.1, -0.05) is 0 Å². The molecular weight excluding hydrogens is 320 g/mol. The van der Waals surface area contributed by atoms with E-state index in [1.54, 1.807) is 18.5 Å². The summed E-state index contributed by atoms with van der Waals surface area (Å²) in [7, 11) is 0. The van der Waals surface area contributed by atoms with Gasteiger partial charge in [0.25, 0.3) is 5.91 Å². The van der Waals surface area contributed by atoms with Crippen molar-refractivity contribution in [1.82, 2.24) is 19.6 Å². The molecule has 1 atom stereocenters. The van der Waals surface area contributed by atoms with E-state index in [0.29, 0.717) is 25.3 Å². The molecular formula is C18H22N4O3. The molecule has 2 aromatic rings. The van der Waals surface area contributed by atoms with Gasteiger partial charge in [0.05, 0.1) is 24.5 Å². The lowest BCUT2D eigenvalue weighted by molar-refractivity contribution is -0.128. The third-order valence-corrected chi connectivity index (χ3v) is 5.17. The maximum absolute atomic E-state index is 13.1. The first-order chi connectivity index (χ1) is 12.1. The van der Waals surface area contributed by atoms with Crippen LogP contribution in [0.3, 0.4) is 0 Å². The fourth-order valence-electron chi connectivity index (χ4n) is 3.73. The van der Waals surface area contributed by atoms with E-state index in [0.717, 1.165) is 37.2 Å². The first-order valence-electron chi connectivity index (χ1n) is 8.77. The van der Waals surface area contributed by atoms with Gasteiger partial charge in [-0.3, -0.25) is 14.3 Å². The summed E-state index contributed by atoms with van der Waals surface area (Å²) >= 11 is 0. The van der Waals surface area contributed by atoms with Gasteiger partial charge in [0.1, 0.15) is 0 Å². The van der Waals surface area contributed by atoms with E-state index in [1.807, 2.05) is 27.5 Å². The minimum atomic E-state index is -0.117. The Balaban J connectivity index is 1.63. The van der Waals surface area contributed by atoms with Gasteiger partial charge >= 0.3 is 0 Å². The molecule has 4 rings (SSSR count). The zero-order valence-corrected chi connectivity index (χ0v) is 14.4. The summed E-state index contributed by atoms with van der Waals surface area (Å²) in [5.41, 5.74) is 1.84. The molecule has 25 heavy (non-hydrogen) atoms. The molecule has 1 fully saturated rings. The first-order valence-corrected chi connectivity index (χ1v) is 8.77.